The highest BCUT2D eigenvalue weighted by Gasteiger charge is 2.27. The first-order valence-corrected chi connectivity index (χ1v) is 12.0. The van der Waals surface area contributed by atoms with Crippen molar-refractivity contribution in [2.24, 2.45) is 0 Å². The number of aryl methyl sites for hydroxylation is 1. The number of benzene rings is 1. The summed E-state index contributed by atoms with van der Waals surface area (Å²) in [4.78, 5) is 23.2. The summed E-state index contributed by atoms with van der Waals surface area (Å²) in [5.74, 6) is 1.63. The first-order chi connectivity index (χ1) is 15.2. The third kappa shape index (κ3) is 5.60. The van der Waals surface area contributed by atoms with Crippen molar-refractivity contribution in [3.63, 3.8) is 0 Å². The summed E-state index contributed by atoms with van der Waals surface area (Å²) in [7, 11) is 0. The number of piperazine rings is 1. The van der Waals surface area contributed by atoms with E-state index >= 15 is 0 Å². The van der Waals surface area contributed by atoms with Crippen LogP contribution in [-0.4, -0.2) is 58.6 Å². The van der Waals surface area contributed by atoms with Crippen LogP contribution in [0.15, 0.2) is 52.4 Å². The van der Waals surface area contributed by atoms with Gasteiger partial charge in [-0.05, 0) is 36.4 Å². The smallest absolute Gasteiger partial charge is 0.230 e. The first-order valence-electron chi connectivity index (χ1n) is 11.2. The lowest BCUT2D eigenvalue weighted by Crippen LogP contribution is -2.50. The molecular formula is C24H30N4O2S. The molecule has 1 unspecified atom stereocenters. The number of hydrogen-bond donors (Lipinski definition) is 0. The molecule has 3 heterocycles. The minimum absolute atomic E-state index is 0.0205. The molecule has 1 aromatic carbocycles. The maximum Gasteiger partial charge on any atom is 0.230 e. The van der Waals surface area contributed by atoms with Crippen molar-refractivity contribution in [1.82, 2.24) is 19.9 Å². The van der Waals surface area contributed by atoms with Crippen LogP contribution >= 0.6 is 11.3 Å². The summed E-state index contributed by atoms with van der Waals surface area (Å²) in [5, 5.41) is 6.09. The van der Waals surface area contributed by atoms with E-state index in [1.165, 1.54) is 0 Å². The van der Waals surface area contributed by atoms with Gasteiger partial charge < -0.3 is 9.42 Å². The Bertz CT molecular complexity index is 934. The zero-order valence-corrected chi connectivity index (χ0v) is 18.9. The molecule has 0 aliphatic carbocycles. The molecule has 1 fully saturated rings. The third-order valence-corrected chi connectivity index (χ3v) is 6.70. The van der Waals surface area contributed by atoms with Crippen LogP contribution in [0.2, 0.25) is 0 Å². The number of amides is 1. The van der Waals surface area contributed by atoms with Crippen LogP contribution in [0.25, 0.3) is 10.7 Å². The van der Waals surface area contributed by atoms with Gasteiger partial charge in [0.05, 0.1) is 10.8 Å². The molecule has 1 saturated heterocycles. The Hall–Kier alpha value is -2.51. The Labute approximate surface area is 187 Å². The standard InChI is InChI=1S/C24H30N4O2S/c1-2-8-20(19-9-4-3-5-10-19)24(29)28-16-14-27(15-17-28)13-6-12-22-25-23(26-30-22)21-11-7-18-31-21/h3-5,7,9-11,18,20H,2,6,8,12-17H2,1H3. The molecule has 164 valence electrons. The van der Waals surface area contributed by atoms with Crippen LogP contribution in [0, 0.1) is 0 Å². The lowest BCUT2D eigenvalue weighted by atomic mass is 9.93. The monoisotopic (exact) mass is 438 g/mol. The predicted octanol–water partition coefficient (Wildman–Crippen LogP) is 4.46. The summed E-state index contributed by atoms with van der Waals surface area (Å²) in [6.45, 7) is 6.57. The Balaban J connectivity index is 1.22. The van der Waals surface area contributed by atoms with Gasteiger partial charge in [0.1, 0.15) is 0 Å². The summed E-state index contributed by atoms with van der Waals surface area (Å²) in [5.41, 5.74) is 1.14. The molecule has 1 atom stereocenters. The van der Waals surface area contributed by atoms with Crippen molar-refractivity contribution in [2.75, 3.05) is 32.7 Å². The average molecular weight is 439 g/mol. The minimum atomic E-state index is -0.0205. The Morgan fingerprint density at radius 1 is 1.13 bits per heavy atom. The Morgan fingerprint density at radius 2 is 1.94 bits per heavy atom. The van der Waals surface area contributed by atoms with E-state index in [2.05, 4.69) is 39.0 Å². The molecule has 3 aromatic rings. The third-order valence-electron chi connectivity index (χ3n) is 5.84. The topological polar surface area (TPSA) is 62.5 Å². The maximum atomic E-state index is 13.2. The van der Waals surface area contributed by atoms with E-state index in [1.54, 1.807) is 11.3 Å². The minimum Gasteiger partial charge on any atom is -0.340 e. The zero-order valence-electron chi connectivity index (χ0n) is 18.1. The Kier molecular flexibility index (Phi) is 7.48. The molecular weight excluding hydrogens is 408 g/mol. The molecule has 0 spiro atoms. The molecule has 4 rings (SSSR count). The van der Waals surface area contributed by atoms with Crippen LogP contribution in [0.3, 0.4) is 0 Å². The number of rotatable bonds is 9. The summed E-state index contributed by atoms with van der Waals surface area (Å²) >= 11 is 1.62. The van der Waals surface area contributed by atoms with Gasteiger partial charge in [-0.2, -0.15) is 4.98 Å². The number of aromatic nitrogens is 2. The summed E-state index contributed by atoms with van der Waals surface area (Å²) in [6.07, 6.45) is 3.67. The van der Waals surface area contributed by atoms with Crippen LogP contribution < -0.4 is 0 Å². The number of hydrogen-bond acceptors (Lipinski definition) is 6. The first kappa shape index (κ1) is 21.7. The predicted molar refractivity (Wildman–Crippen MR) is 123 cm³/mol. The fraction of sp³-hybridized carbons (Fsp3) is 0.458. The lowest BCUT2D eigenvalue weighted by molar-refractivity contribution is -0.134. The molecule has 1 amide bonds. The van der Waals surface area contributed by atoms with Gasteiger partial charge in [0.15, 0.2) is 0 Å². The fourth-order valence-electron chi connectivity index (χ4n) is 4.14. The molecule has 1 aliphatic heterocycles. The van der Waals surface area contributed by atoms with E-state index in [9.17, 15) is 4.79 Å². The van der Waals surface area contributed by atoms with E-state index < -0.39 is 0 Å². The van der Waals surface area contributed by atoms with Gasteiger partial charge in [0.25, 0.3) is 0 Å². The molecule has 1 aliphatic rings. The highest BCUT2D eigenvalue weighted by atomic mass is 32.1. The van der Waals surface area contributed by atoms with Crippen LogP contribution in [-0.2, 0) is 11.2 Å². The second-order valence-electron chi connectivity index (χ2n) is 8.01. The highest BCUT2D eigenvalue weighted by molar-refractivity contribution is 7.13. The molecule has 0 saturated carbocycles. The highest BCUT2D eigenvalue weighted by Crippen LogP contribution is 2.25. The molecule has 0 bridgehead atoms. The molecule has 6 nitrogen and oxygen atoms in total. The van der Waals surface area contributed by atoms with E-state index in [-0.39, 0.29) is 11.8 Å². The number of nitrogens with zero attached hydrogens (tertiary/aromatic N) is 4. The van der Waals surface area contributed by atoms with Gasteiger partial charge in [-0.3, -0.25) is 9.69 Å². The Morgan fingerprint density at radius 3 is 2.65 bits per heavy atom. The zero-order chi connectivity index (χ0) is 21.5. The molecule has 0 N–H and O–H groups in total. The normalized spacial score (nSPS) is 15.8. The van der Waals surface area contributed by atoms with Crippen LogP contribution in [0.4, 0.5) is 0 Å². The maximum absolute atomic E-state index is 13.2. The summed E-state index contributed by atoms with van der Waals surface area (Å²) < 4.78 is 5.39. The second kappa shape index (κ2) is 10.7. The van der Waals surface area contributed by atoms with Gasteiger partial charge in [0, 0.05) is 32.6 Å². The lowest BCUT2D eigenvalue weighted by Gasteiger charge is -2.36. The van der Waals surface area contributed by atoms with Crippen LogP contribution in [0.5, 0.6) is 0 Å². The molecule has 7 heteroatoms. The molecule has 31 heavy (non-hydrogen) atoms. The van der Waals surface area contributed by atoms with Gasteiger partial charge in [-0.25, -0.2) is 0 Å². The number of carbonyl (C=O) groups excluding carboxylic acids is 1. The SMILES string of the molecule is CCCC(C(=O)N1CCN(CCCc2nc(-c3cccs3)no2)CC1)c1ccccc1. The fourth-order valence-corrected chi connectivity index (χ4v) is 4.78. The van der Waals surface area contributed by atoms with Crippen molar-refractivity contribution in [1.29, 1.82) is 0 Å². The van der Waals surface area contributed by atoms with E-state index in [4.69, 9.17) is 4.52 Å². The van der Waals surface area contributed by atoms with Crippen molar-refractivity contribution >= 4 is 17.2 Å². The van der Waals surface area contributed by atoms with Crippen molar-refractivity contribution in [2.45, 2.75) is 38.5 Å². The van der Waals surface area contributed by atoms with Gasteiger partial charge in [-0.1, -0.05) is 54.9 Å². The van der Waals surface area contributed by atoms with Gasteiger partial charge in [-0.15, -0.1) is 11.3 Å². The van der Waals surface area contributed by atoms with Crippen molar-refractivity contribution in [3.05, 3.63) is 59.3 Å². The quantitative estimate of drug-likeness (QED) is 0.494. The van der Waals surface area contributed by atoms with Crippen molar-refractivity contribution < 1.29 is 9.32 Å². The van der Waals surface area contributed by atoms with E-state index in [0.717, 1.165) is 68.8 Å². The second-order valence-corrected chi connectivity index (χ2v) is 8.96. The largest absolute Gasteiger partial charge is 0.340 e. The molecule has 0 radical (unpaired) electrons. The van der Waals surface area contributed by atoms with E-state index in [1.807, 2.05) is 35.7 Å². The van der Waals surface area contributed by atoms with Gasteiger partial charge in [0.2, 0.25) is 17.6 Å². The van der Waals surface area contributed by atoms with Crippen molar-refractivity contribution in [3.8, 4) is 10.7 Å². The average Bonchev–Trinajstić information content (AvgIpc) is 3.50. The number of carbonyl (C=O) groups is 1. The van der Waals surface area contributed by atoms with Crippen LogP contribution in [0.1, 0.15) is 43.6 Å². The summed E-state index contributed by atoms with van der Waals surface area (Å²) in [6, 6.07) is 14.2. The van der Waals surface area contributed by atoms with E-state index in [0.29, 0.717) is 11.7 Å². The number of thiophene rings is 1. The molecule has 2 aromatic heterocycles. The van der Waals surface area contributed by atoms with Gasteiger partial charge >= 0.3 is 0 Å².